The molecule has 1 amide bonds. The maximum absolute atomic E-state index is 12.8. The molecule has 29 heavy (non-hydrogen) atoms. The zero-order valence-electron chi connectivity index (χ0n) is 16.0. The summed E-state index contributed by atoms with van der Waals surface area (Å²) in [7, 11) is -1.82. The van der Waals surface area contributed by atoms with Crippen LogP contribution in [0, 0.1) is 0 Å². The summed E-state index contributed by atoms with van der Waals surface area (Å²) in [6.45, 7) is 0. The van der Waals surface area contributed by atoms with E-state index in [0.29, 0.717) is 5.75 Å². The Morgan fingerprint density at radius 2 is 1.59 bits per heavy atom. The van der Waals surface area contributed by atoms with Gasteiger partial charge in [-0.15, -0.1) is 0 Å². The number of methoxy groups -OCH3 is 2. The Labute approximate surface area is 168 Å². The SMILES string of the molecule is COC(=O)CC(C(=O)c1ccccc1)S(=O)(=O)CC(=O)Nc1ccccc1OC. The third-order valence-corrected chi connectivity index (χ3v) is 5.99. The number of rotatable bonds is 9. The van der Waals surface area contributed by atoms with E-state index >= 15 is 0 Å². The summed E-state index contributed by atoms with van der Waals surface area (Å²) in [5.74, 6) is -3.13. The highest BCUT2D eigenvalue weighted by molar-refractivity contribution is 7.93. The molecule has 0 heterocycles. The maximum Gasteiger partial charge on any atom is 0.307 e. The number of benzene rings is 2. The van der Waals surface area contributed by atoms with Crippen LogP contribution in [0.5, 0.6) is 5.75 Å². The zero-order valence-corrected chi connectivity index (χ0v) is 16.8. The fourth-order valence-electron chi connectivity index (χ4n) is 2.62. The number of carbonyl (C=O) groups excluding carboxylic acids is 3. The highest BCUT2D eigenvalue weighted by Crippen LogP contribution is 2.23. The fourth-order valence-corrected chi connectivity index (χ4v) is 4.11. The van der Waals surface area contributed by atoms with Crippen molar-refractivity contribution in [3.8, 4) is 5.75 Å². The van der Waals surface area contributed by atoms with Gasteiger partial charge in [-0.25, -0.2) is 8.42 Å². The number of hydrogen-bond acceptors (Lipinski definition) is 7. The minimum atomic E-state index is -4.32. The van der Waals surface area contributed by atoms with Crippen molar-refractivity contribution in [3.63, 3.8) is 0 Å². The van der Waals surface area contributed by atoms with Gasteiger partial charge in [0.05, 0.1) is 26.3 Å². The van der Waals surface area contributed by atoms with Gasteiger partial charge < -0.3 is 14.8 Å². The number of ether oxygens (including phenoxy) is 2. The molecule has 2 aromatic rings. The smallest absolute Gasteiger partial charge is 0.307 e. The van der Waals surface area contributed by atoms with Crippen LogP contribution in [0.3, 0.4) is 0 Å². The van der Waals surface area contributed by atoms with Crippen LogP contribution < -0.4 is 10.1 Å². The molecule has 8 nitrogen and oxygen atoms in total. The monoisotopic (exact) mass is 419 g/mol. The first-order chi connectivity index (χ1) is 13.8. The first-order valence-corrected chi connectivity index (χ1v) is 10.3. The average Bonchev–Trinajstić information content (AvgIpc) is 2.71. The van der Waals surface area contributed by atoms with Crippen molar-refractivity contribution in [1.82, 2.24) is 0 Å². The van der Waals surface area contributed by atoms with Gasteiger partial charge in [0.15, 0.2) is 15.6 Å². The standard InChI is InChI=1S/C20H21NO7S/c1-27-16-11-7-6-10-15(16)21-18(22)13-29(25,26)17(12-19(23)28-2)20(24)14-8-4-3-5-9-14/h3-11,17H,12-13H2,1-2H3,(H,21,22). The summed E-state index contributed by atoms with van der Waals surface area (Å²) in [5, 5.41) is 0.712. The topological polar surface area (TPSA) is 116 Å². The van der Waals surface area contributed by atoms with Gasteiger partial charge in [0.2, 0.25) is 5.91 Å². The second kappa shape index (κ2) is 9.83. The van der Waals surface area contributed by atoms with E-state index in [4.69, 9.17) is 4.74 Å². The Balaban J connectivity index is 2.25. The molecule has 1 N–H and O–H groups in total. The lowest BCUT2D eigenvalue weighted by molar-refractivity contribution is -0.140. The molecule has 2 aromatic carbocycles. The molecule has 0 spiro atoms. The molecule has 1 unspecified atom stereocenters. The molecule has 9 heteroatoms. The van der Waals surface area contributed by atoms with Gasteiger partial charge >= 0.3 is 5.97 Å². The normalized spacial score (nSPS) is 11.9. The molecule has 0 aromatic heterocycles. The van der Waals surface area contributed by atoms with Crippen molar-refractivity contribution in [1.29, 1.82) is 0 Å². The van der Waals surface area contributed by atoms with Gasteiger partial charge in [-0.3, -0.25) is 14.4 Å². The number of anilines is 1. The molecule has 0 aliphatic heterocycles. The lowest BCUT2D eigenvalue weighted by Crippen LogP contribution is -2.38. The molecule has 0 aliphatic carbocycles. The summed E-state index contributed by atoms with van der Waals surface area (Å²) in [6, 6.07) is 14.2. The van der Waals surface area contributed by atoms with Gasteiger partial charge in [0, 0.05) is 5.56 Å². The van der Waals surface area contributed by atoms with Crippen molar-refractivity contribution >= 4 is 33.2 Å². The highest BCUT2D eigenvalue weighted by Gasteiger charge is 2.37. The predicted octanol–water partition coefficient (Wildman–Crippen LogP) is 1.86. The quantitative estimate of drug-likeness (QED) is 0.487. The van der Waals surface area contributed by atoms with Crippen molar-refractivity contribution in [3.05, 3.63) is 60.2 Å². The molecule has 0 aliphatic rings. The number of nitrogens with one attached hydrogen (secondary N) is 1. The van der Waals surface area contributed by atoms with Gasteiger partial charge in [-0.05, 0) is 12.1 Å². The second-order valence-electron chi connectivity index (χ2n) is 6.05. The zero-order chi connectivity index (χ0) is 21.4. The summed E-state index contributed by atoms with van der Waals surface area (Å²) in [5.41, 5.74) is 0.407. The minimum absolute atomic E-state index is 0.120. The molecule has 2 rings (SSSR count). The largest absolute Gasteiger partial charge is 0.495 e. The van der Waals surface area contributed by atoms with E-state index in [9.17, 15) is 22.8 Å². The number of para-hydroxylation sites is 2. The summed E-state index contributed by atoms with van der Waals surface area (Å²) in [4.78, 5) is 36.8. The van der Waals surface area contributed by atoms with Crippen LogP contribution in [0.15, 0.2) is 54.6 Å². The Kier molecular flexibility index (Phi) is 7.49. The van der Waals surface area contributed by atoms with Crippen molar-refractivity contribution in [2.75, 3.05) is 25.3 Å². The lowest BCUT2D eigenvalue weighted by Gasteiger charge is -2.16. The van der Waals surface area contributed by atoms with Gasteiger partial charge in [-0.1, -0.05) is 42.5 Å². The Hall–Kier alpha value is -3.20. The average molecular weight is 419 g/mol. The Bertz CT molecular complexity index is 987. The van der Waals surface area contributed by atoms with E-state index in [2.05, 4.69) is 10.1 Å². The minimum Gasteiger partial charge on any atom is -0.495 e. The van der Waals surface area contributed by atoms with Gasteiger partial charge in [-0.2, -0.15) is 0 Å². The molecule has 154 valence electrons. The molecule has 0 bridgehead atoms. The van der Waals surface area contributed by atoms with Crippen LogP contribution in [-0.4, -0.2) is 51.3 Å². The second-order valence-corrected chi connectivity index (χ2v) is 8.24. The van der Waals surface area contributed by atoms with Gasteiger partial charge in [0.1, 0.15) is 16.8 Å². The first kappa shape index (κ1) is 22.1. The molecule has 1 atom stereocenters. The van der Waals surface area contributed by atoms with E-state index in [-0.39, 0.29) is 11.3 Å². The lowest BCUT2D eigenvalue weighted by atomic mass is 10.1. The van der Waals surface area contributed by atoms with E-state index in [1.165, 1.54) is 19.2 Å². The molecular formula is C20H21NO7S. The molecule has 0 saturated heterocycles. The predicted molar refractivity (Wildman–Crippen MR) is 107 cm³/mol. The number of carbonyl (C=O) groups is 3. The summed E-state index contributed by atoms with van der Waals surface area (Å²) < 4.78 is 35.3. The van der Waals surface area contributed by atoms with Crippen LogP contribution in [0.25, 0.3) is 0 Å². The van der Waals surface area contributed by atoms with Crippen LogP contribution in [0.2, 0.25) is 0 Å². The number of ketones is 1. The van der Waals surface area contributed by atoms with E-state index in [1.54, 1.807) is 42.5 Å². The highest BCUT2D eigenvalue weighted by atomic mass is 32.2. The maximum atomic E-state index is 12.8. The molecule has 0 fully saturated rings. The summed E-state index contributed by atoms with van der Waals surface area (Å²) >= 11 is 0. The number of hydrogen-bond donors (Lipinski definition) is 1. The van der Waals surface area contributed by atoms with Crippen molar-refractivity contribution in [2.24, 2.45) is 0 Å². The number of amides is 1. The Morgan fingerprint density at radius 1 is 0.966 bits per heavy atom. The van der Waals surface area contributed by atoms with E-state index in [1.807, 2.05) is 0 Å². The fraction of sp³-hybridized carbons (Fsp3) is 0.250. The number of sulfone groups is 1. The number of Topliss-reactive ketones (excluding diaryl/α,β-unsaturated/α-hetero) is 1. The van der Waals surface area contributed by atoms with E-state index < -0.39 is 44.9 Å². The van der Waals surface area contributed by atoms with Crippen LogP contribution in [-0.2, 0) is 24.2 Å². The van der Waals surface area contributed by atoms with Crippen LogP contribution >= 0.6 is 0 Å². The van der Waals surface area contributed by atoms with E-state index in [0.717, 1.165) is 7.11 Å². The number of esters is 1. The third kappa shape index (κ3) is 5.89. The first-order valence-electron chi connectivity index (χ1n) is 8.59. The molecule has 0 radical (unpaired) electrons. The third-order valence-electron chi connectivity index (χ3n) is 4.08. The van der Waals surface area contributed by atoms with Gasteiger partial charge in [0.25, 0.3) is 0 Å². The molecular weight excluding hydrogens is 398 g/mol. The molecule has 0 saturated carbocycles. The van der Waals surface area contributed by atoms with Crippen LogP contribution in [0.1, 0.15) is 16.8 Å². The summed E-state index contributed by atoms with van der Waals surface area (Å²) in [6.07, 6.45) is -0.686. The van der Waals surface area contributed by atoms with Crippen molar-refractivity contribution in [2.45, 2.75) is 11.7 Å². The Morgan fingerprint density at radius 3 is 2.21 bits per heavy atom. The van der Waals surface area contributed by atoms with Crippen molar-refractivity contribution < 1.29 is 32.3 Å². The van der Waals surface area contributed by atoms with Crippen LogP contribution in [0.4, 0.5) is 5.69 Å².